The molecule has 1 aromatic carbocycles. The smallest absolute Gasteiger partial charge is 0.326 e. The second kappa shape index (κ2) is 8.85. The maximum absolute atomic E-state index is 15.1. The third-order valence-electron chi connectivity index (χ3n) is 5.58. The maximum atomic E-state index is 15.1. The number of rotatable bonds is 5. The van der Waals surface area contributed by atoms with Crippen LogP contribution in [0.5, 0.6) is 11.8 Å². The summed E-state index contributed by atoms with van der Waals surface area (Å²) in [7, 11) is 2.06. The van der Waals surface area contributed by atoms with E-state index in [1.165, 1.54) is 23.6 Å². The first-order valence-electron chi connectivity index (χ1n) is 10.4. The average molecular weight is 491 g/mol. The van der Waals surface area contributed by atoms with E-state index in [9.17, 15) is 4.39 Å². The lowest BCUT2D eigenvalue weighted by atomic mass is 10.1. The van der Waals surface area contributed by atoms with Crippen LogP contribution < -0.4 is 15.0 Å². The number of thiazole rings is 1. The minimum absolute atomic E-state index is 0.159. The van der Waals surface area contributed by atoms with Crippen molar-refractivity contribution in [2.75, 3.05) is 43.4 Å². The van der Waals surface area contributed by atoms with E-state index < -0.39 is 17.4 Å². The number of hydrogen-bond acceptors (Lipinski definition) is 8. The van der Waals surface area contributed by atoms with E-state index in [4.69, 9.17) is 16.3 Å². The second-order valence-corrected chi connectivity index (χ2v) is 9.78. The molecule has 0 spiro atoms. The molecule has 2 aliphatic rings. The van der Waals surface area contributed by atoms with Crippen LogP contribution in [0.4, 0.5) is 25.5 Å². The summed E-state index contributed by atoms with van der Waals surface area (Å²) in [6, 6.07) is 2.91. The number of fused-ring (bicyclic) bond motifs is 1. The van der Waals surface area contributed by atoms with E-state index >= 15 is 4.39 Å². The Labute approximate surface area is 198 Å². The average Bonchev–Trinajstić information content (AvgIpc) is 3.36. The van der Waals surface area contributed by atoms with Crippen LogP contribution in [-0.2, 0) is 6.42 Å². The van der Waals surface area contributed by atoms with Crippen LogP contribution in [0.25, 0.3) is 6.08 Å². The van der Waals surface area contributed by atoms with E-state index in [-0.39, 0.29) is 6.01 Å². The van der Waals surface area contributed by atoms with Crippen molar-refractivity contribution in [2.24, 2.45) is 0 Å². The zero-order chi connectivity index (χ0) is 23.1. The Morgan fingerprint density at radius 1 is 1.15 bits per heavy atom. The number of benzene rings is 1. The molecule has 1 fully saturated rings. The zero-order valence-corrected chi connectivity index (χ0v) is 19.6. The molecule has 1 aliphatic heterocycles. The molecule has 7 nitrogen and oxygen atoms in total. The van der Waals surface area contributed by atoms with Crippen molar-refractivity contribution in [3.8, 4) is 11.8 Å². The van der Waals surface area contributed by atoms with Gasteiger partial charge in [0, 0.05) is 37.8 Å². The first-order valence-corrected chi connectivity index (χ1v) is 11.6. The Morgan fingerprint density at radius 2 is 1.94 bits per heavy atom. The zero-order valence-electron chi connectivity index (χ0n) is 18.0. The maximum Gasteiger partial charge on any atom is 0.326 e. The molecule has 0 radical (unpaired) electrons. The number of likely N-dealkylation sites (N-methyl/N-ethyl adjacent to an activating group) is 1. The minimum Gasteiger partial charge on any atom is -0.418 e. The second-order valence-electron chi connectivity index (χ2n) is 8.12. The fourth-order valence-electron chi connectivity index (χ4n) is 3.89. The van der Waals surface area contributed by atoms with Crippen LogP contribution in [0.2, 0.25) is 4.34 Å². The van der Waals surface area contributed by atoms with Gasteiger partial charge < -0.3 is 19.9 Å². The van der Waals surface area contributed by atoms with Gasteiger partial charge in [0.15, 0.2) is 16.8 Å². The molecular weight excluding hydrogens is 470 g/mol. The highest BCUT2D eigenvalue weighted by Gasteiger charge is 2.24. The highest BCUT2D eigenvalue weighted by atomic mass is 35.5. The Hall–Kier alpha value is -2.82. The first-order chi connectivity index (χ1) is 15.9. The number of allylic oxidation sites excluding steroid dienone is 1. The molecule has 0 bridgehead atoms. The summed E-state index contributed by atoms with van der Waals surface area (Å²) in [5.74, 6) is -1.08. The van der Waals surface area contributed by atoms with Gasteiger partial charge in [-0.15, -0.1) is 0 Å². The van der Waals surface area contributed by atoms with Crippen LogP contribution in [0, 0.1) is 11.6 Å². The molecule has 172 valence electrons. The minimum atomic E-state index is -0.788. The van der Waals surface area contributed by atoms with Crippen LogP contribution in [0.3, 0.4) is 0 Å². The van der Waals surface area contributed by atoms with E-state index in [0.29, 0.717) is 38.7 Å². The van der Waals surface area contributed by atoms with Gasteiger partial charge in [0.05, 0.1) is 6.20 Å². The topological polar surface area (TPSA) is 66.4 Å². The molecule has 0 saturated carbocycles. The van der Waals surface area contributed by atoms with Crippen molar-refractivity contribution in [2.45, 2.75) is 13.3 Å². The molecule has 3 aromatic rings. The fourth-order valence-corrected chi connectivity index (χ4v) is 4.71. The Kier molecular flexibility index (Phi) is 5.90. The van der Waals surface area contributed by atoms with E-state index in [1.54, 1.807) is 12.1 Å². The van der Waals surface area contributed by atoms with E-state index in [1.807, 2.05) is 6.92 Å². The van der Waals surface area contributed by atoms with Gasteiger partial charge in [-0.3, -0.25) is 0 Å². The highest BCUT2D eigenvalue weighted by molar-refractivity contribution is 7.19. The van der Waals surface area contributed by atoms with Crippen molar-refractivity contribution in [1.82, 2.24) is 19.9 Å². The summed E-state index contributed by atoms with van der Waals surface area (Å²) in [6.45, 7) is 5.11. The number of aromatic nitrogens is 3. The van der Waals surface area contributed by atoms with Gasteiger partial charge in [-0.05, 0) is 32.0 Å². The summed E-state index contributed by atoms with van der Waals surface area (Å²) in [6.07, 6.45) is 3.75. The first kappa shape index (κ1) is 22.0. The molecular formula is C22H21ClF2N6OS. The fraction of sp³-hybridized carbons (Fsp3) is 0.318. The Morgan fingerprint density at radius 3 is 2.67 bits per heavy atom. The van der Waals surface area contributed by atoms with Gasteiger partial charge in [0.2, 0.25) is 5.75 Å². The summed E-state index contributed by atoms with van der Waals surface area (Å²) in [5.41, 5.74) is 1.90. The number of anilines is 3. The van der Waals surface area contributed by atoms with Gasteiger partial charge in [-0.25, -0.2) is 13.8 Å². The molecule has 0 unspecified atom stereocenters. The summed E-state index contributed by atoms with van der Waals surface area (Å²) >= 11 is 7.23. The number of piperazine rings is 1. The lowest BCUT2D eigenvalue weighted by molar-refractivity contribution is 0.311. The molecule has 1 N–H and O–H groups in total. The van der Waals surface area contributed by atoms with Crippen LogP contribution >= 0.6 is 22.9 Å². The quantitative estimate of drug-likeness (QED) is 0.533. The standard InChI is InChI=1S/C22H21ClF2N6OS/c1-12-7-13-9-15(24)20(19(25)14(13)8-12)32-21-27-17(28-22-26-11-16(23)33-22)10-18(29-21)31-5-3-30(2)4-6-31/h8-11H,3-7H2,1-2H3,(H,26,27,28,29). The van der Waals surface area contributed by atoms with E-state index in [2.05, 4.69) is 37.1 Å². The largest absolute Gasteiger partial charge is 0.418 e. The monoisotopic (exact) mass is 490 g/mol. The lowest BCUT2D eigenvalue weighted by Crippen LogP contribution is -2.44. The number of nitrogens with one attached hydrogen (secondary N) is 1. The summed E-state index contributed by atoms with van der Waals surface area (Å²) in [4.78, 5) is 17.3. The normalized spacial score (nSPS) is 16.0. The van der Waals surface area contributed by atoms with Gasteiger partial charge in [-0.2, -0.15) is 9.97 Å². The van der Waals surface area contributed by atoms with Crippen LogP contribution in [-0.4, -0.2) is 53.1 Å². The molecule has 5 rings (SSSR count). The third kappa shape index (κ3) is 4.64. The van der Waals surface area contributed by atoms with Crippen molar-refractivity contribution in [1.29, 1.82) is 0 Å². The molecule has 3 heterocycles. The molecule has 2 aromatic heterocycles. The van der Waals surface area contributed by atoms with Crippen molar-refractivity contribution in [3.05, 3.63) is 51.0 Å². The number of nitrogens with zero attached hydrogens (tertiary/aromatic N) is 5. The number of ether oxygens (including phenoxy) is 1. The van der Waals surface area contributed by atoms with Crippen molar-refractivity contribution in [3.63, 3.8) is 0 Å². The molecule has 1 aliphatic carbocycles. The third-order valence-corrected chi connectivity index (χ3v) is 6.62. The van der Waals surface area contributed by atoms with Gasteiger partial charge in [0.25, 0.3) is 0 Å². The summed E-state index contributed by atoms with van der Waals surface area (Å²) < 4.78 is 36.0. The Bertz CT molecular complexity index is 1240. The molecule has 1 saturated heterocycles. The van der Waals surface area contributed by atoms with E-state index in [0.717, 1.165) is 31.8 Å². The summed E-state index contributed by atoms with van der Waals surface area (Å²) in [5, 5.41) is 3.61. The van der Waals surface area contributed by atoms with Crippen LogP contribution in [0.15, 0.2) is 23.9 Å². The highest BCUT2D eigenvalue weighted by Crippen LogP contribution is 2.37. The van der Waals surface area contributed by atoms with Gasteiger partial charge >= 0.3 is 6.01 Å². The molecule has 11 heteroatoms. The van der Waals surface area contributed by atoms with Gasteiger partial charge in [0.1, 0.15) is 16.0 Å². The molecule has 0 atom stereocenters. The van der Waals surface area contributed by atoms with Crippen molar-refractivity contribution >= 4 is 45.8 Å². The predicted molar refractivity (Wildman–Crippen MR) is 126 cm³/mol. The molecule has 33 heavy (non-hydrogen) atoms. The SMILES string of the molecule is CC1=Cc2c(cc(F)c(Oc3nc(Nc4ncc(Cl)s4)cc(N4CCN(C)CC4)n3)c2F)C1. The number of halogens is 3. The Balaban J connectivity index is 1.50. The molecule has 0 amide bonds. The predicted octanol–water partition coefficient (Wildman–Crippen LogP) is 5.11. The lowest BCUT2D eigenvalue weighted by Gasteiger charge is -2.33. The van der Waals surface area contributed by atoms with Gasteiger partial charge in [-0.1, -0.05) is 34.6 Å². The number of hydrogen-bond donors (Lipinski definition) is 1. The van der Waals surface area contributed by atoms with Crippen molar-refractivity contribution < 1.29 is 13.5 Å². The van der Waals surface area contributed by atoms with Crippen LogP contribution in [0.1, 0.15) is 18.1 Å².